The molecule has 0 saturated carbocycles. The average molecular weight is 301 g/mol. The fourth-order valence-electron chi connectivity index (χ4n) is 1.62. The summed E-state index contributed by atoms with van der Waals surface area (Å²) >= 11 is 9.29. The standard InChI is InChI=1S/C11H11BrClN3/c1-2-8-5-9(12)3-4-10(8)16-7-14-15-11(16)6-13/h3-5,7H,2,6H2,1H3. The van der Waals surface area contributed by atoms with Crippen molar-refractivity contribution in [2.75, 3.05) is 0 Å². The Morgan fingerprint density at radius 3 is 2.94 bits per heavy atom. The van der Waals surface area contributed by atoms with E-state index in [4.69, 9.17) is 11.6 Å². The van der Waals surface area contributed by atoms with E-state index in [-0.39, 0.29) is 0 Å². The number of nitrogens with zero attached hydrogens (tertiary/aromatic N) is 3. The molecular formula is C11H11BrClN3. The van der Waals surface area contributed by atoms with E-state index in [1.807, 2.05) is 16.7 Å². The molecule has 0 saturated heterocycles. The van der Waals surface area contributed by atoms with Crippen LogP contribution in [0.25, 0.3) is 5.69 Å². The second-order valence-corrected chi connectivity index (χ2v) is 4.56. The number of hydrogen-bond acceptors (Lipinski definition) is 2. The summed E-state index contributed by atoms with van der Waals surface area (Å²) in [6.07, 6.45) is 2.65. The van der Waals surface area contributed by atoms with Crippen molar-refractivity contribution in [1.82, 2.24) is 14.8 Å². The predicted molar refractivity (Wildman–Crippen MR) is 68.0 cm³/mol. The van der Waals surface area contributed by atoms with Crippen LogP contribution >= 0.6 is 27.5 Å². The summed E-state index contributed by atoms with van der Waals surface area (Å²) < 4.78 is 3.01. The normalized spacial score (nSPS) is 10.7. The molecule has 1 aromatic carbocycles. The highest BCUT2D eigenvalue weighted by atomic mass is 79.9. The Balaban J connectivity index is 2.55. The molecule has 84 valence electrons. The van der Waals surface area contributed by atoms with Crippen molar-refractivity contribution in [3.8, 4) is 5.69 Å². The van der Waals surface area contributed by atoms with Crippen LogP contribution in [0, 0.1) is 0 Å². The highest BCUT2D eigenvalue weighted by Gasteiger charge is 2.08. The summed E-state index contributed by atoms with van der Waals surface area (Å²) in [4.78, 5) is 0. The van der Waals surface area contributed by atoms with Crippen LogP contribution in [0.2, 0.25) is 0 Å². The first-order chi connectivity index (χ1) is 7.76. The van der Waals surface area contributed by atoms with Gasteiger partial charge in [-0.25, -0.2) is 0 Å². The van der Waals surface area contributed by atoms with E-state index in [0.717, 1.165) is 22.4 Å². The minimum Gasteiger partial charge on any atom is -0.284 e. The lowest BCUT2D eigenvalue weighted by atomic mass is 10.1. The van der Waals surface area contributed by atoms with Crippen molar-refractivity contribution in [2.24, 2.45) is 0 Å². The number of benzene rings is 1. The maximum atomic E-state index is 5.82. The fourth-order valence-corrected chi connectivity index (χ4v) is 2.21. The van der Waals surface area contributed by atoms with Crippen molar-refractivity contribution in [1.29, 1.82) is 0 Å². The van der Waals surface area contributed by atoms with Crippen LogP contribution < -0.4 is 0 Å². The Kier molecular flexibility index (Phi) is 3.61. The lowest BCUT2D eigenvalue weighted by Gasteiger charge is -2.10. The van der Waals surface area contributed by atoms with Gasteiger partial charge in [-0.3, -0.25) is 4.57 Å². The summed E-state index contributed by atoms with van der Waals surface area (Å²) in [6.45, 7) is 2.12. The van der Waals surface area contributed by atoms with E-state index in [1.165, 1.54) is 5.56 Å². The predicted octanol–water partition coefficient (Wildman–Crippen LogP) is 3.33. The van der Waals surface area contributed by atoms with E-state index >= 15 is 0 Å². The second-order valence-electron chi connectivity index (χ2n) is 3.38. The van der Waals surface area contributed by atoms with E-state index < -0.39 is 0 Å². The monoisotopic (exact) mass is 299 g/mol. The van der Waals surface area contributed by atoms with Gasteiger partial charge in [0.15, 0.2) is 5.82 Å². The maximum Gasteiger partial charge on any atom is 0.152 e. The minimum atomic E-state index is 0.360. The van der Waals surface area contributed by atoms with E-state index in [9.17, 15) is 0 Å². The summed E-state index contributed by atoms with van der Waals surface area (Å²) in [5.41, 5.74) is 2.33. The third kappa shape index (κ3) is 2.13. The molecule has 16 heavy (non-hydrogen) atoms. The average Bonchev–Trinajstić information content (AvgIpc) is 2.76. The lowest BCUT2D eigenvalue weighted by molar-refractivity contribution is 0.930. The Labute approximate surface area is 108 Å². The van der Waals surface area contributed by atoms with Gasteiger partial charge in [-0.2, -0.15) is 0 Å². The van der Waals surface area contributed by atoms with Crippen LogP contribution in [-0.4, -0.2) is 14.8 Å². The molecule has 0 atom stereocenters. The molecule has 0 amide bonds. The van der Waals surface area contributed by atoms with Crippen molar-refractivity contribution in [2.45, 2.75) is 19.2 Å². The second kappa shape index (κ2) is 4.97. The highest BCUT2D eigenvalue weighted by Crippen LogP contribution is 2.21. The molecule has 1 heterocycles. The number of rotatable bonds is 3. The summed E-state index contributed by atoms with van der Waals surface area (Å²) in [5.74, 6) is 1.12. The molecule has 0 spiro atoms. The molecule has 3 nitrogen and oxygen atoms in total. The number of hydrogen-bond donors (Lipinski definition) is 0. The molecule has 2 aromatic rings. The third-order valence-electron chi connectivity index (χ3n) is 2.42. The Bertz CT molecular complexity index is 496. The molecule has 0 aliphatic carbocycles. The molecule has 0 unspecified atom stereocenters. The number of halogens is 2. The maximum absolute atomic E-state index is 5.82. The Morgan fingerprint density at radius 2 is 2.25 bits per heavy atom. The Morgan fingerprint density at radius 1 is 1.44 bits per heavy atom. The van der Waals surface area contributed by atoms with Crippen LogP contribution in [0.4, 0.5) is 0 Å². The van der Waals surface area contributed by atoms with Crippen molar-refractivity contribution in [3.63, 3.8) is 0 Å². The lowest BCUT2D eigenvalue weighted by Crippen LogP contribution is -2.01. The van der Waals surface area contributed by atoms with Gasteiger partial charge in [0.25, 0.3) is 0 Å². The van der Waals surface area contributed by atoms with Crippen LogP contribution in [0.3, 0.4) is 0 Å². The first-order valence-corrected chi connectivity index (χ1v) is 6.32. The van der Waals surface area contributed by atoms with Gasteiger partial charge >= 0.3 is 0 Å². The molecule has 0 N–H and O–H groups in total. The molecule has 0 fully saturated rings. The van der Waals surface area contributed by atoms with Gasteiger partial charge in [-0.1, -0.05) is 22.9 Å². The van der Waals surface area contributed by atoms with Crippen molar-refractivity contribution < 1.29 is 0 Å². The van der Waals surface area contributed by atoms with Gasteiger partial charge in [-0.15, -0.1) is 21.8 Å². The van der Waals surface area contributed by atoms with Crippen LogP contribution in [0.15, 0.2) is 29.0 Å². The minimum absolute atomic E-state index is 0.360. The zero-order valence-electron chi connectivity index (χ0n) is 8.82. The third-order valence-corrected chi connectivity index (χ3v) is 3.15. The molecule has 1 aromatic heterocycles. The quantitative estimate of drug-likeness (QED) is 0.814. The van der Waals surface area contributed by atoms with Gasteiger partial charge in [0.05, 0.1) is 11.6 Å². The first-order valence-electron chi connectivity index (χ1n) is 5.00. The van der Waals surface area contributed by atoms with Gasteiger partial charge in [0, 0.05) is 4.47 Å². The van der Waals surface area contributed by atoms with Gasteiger partial charge < -0.3 is 0 Å². The van der Waals surface area contributed by atoms with Crippen LogP contribution in [0.5, 0.6) is 0 Å². The number of alkyl halides is 1. The van der Waals surface area contributed by atoms with Gasteiger partial charge in [0.1, 0.15) is 6.33 Å². The van der Waals surface area contributed by atoms with Crippen molar-refractivity contribution >= 4 is 27.5 Å². The largest absolute Gasteiger partial charge is 0.284 e. The summed E-state index contributed by atoms with van der Waals surface area (Å²) in [7, 11) is 0. The number of aromatic nitrogens is 3. The highest BCUT2D eigenvalue weighted by molar-refractivity contribution is 9.10. The van der Waals surface area contributed by atoms with Gasteiger partial charge in [0.2, 0.25) is 0 Å². The molecular weight excluding hydrogens is 289 g/mol. The van der Waals surface area contributed by atoms with Crippen LogP contribution in [-0.2, 0) is 12.3 Å². The summed E-state index contributed by atoms with van der Waals surface area (Å²) in [6, 6.07) is 6.15. The smallest absolute Gasteiger partial charge is 0.152 e. The number of aryl methyl sites for hydroxylation is 1. The van der Waals surface area contributed by atoms with E-state index in [1.54, 1.807) is 6.33 Å². The zero-order valence-corrected chi connectivity index (χ0v) is 11.2. The summed E-state index contributed by atoms with van der Waals surface area (Å²) in [5, 5.41) is 7.86. The van der Waals surface area contributed by atoms with Gasteiger partial charge in [-0.05, 0) is 30.2 Å². The molecule has 0 aliphatic heterocycles. The zero-order chi connectivity index (χ0) is 11.5. The fraction of sp³-hybridized carbons (Fsp3) is 0.273. The van der Waals surface area contributed by atoms with Crippen LogP contribution in [0.1, 0.15) is 18.3 Å². The first kappa shape index (κ1) is 11.6. The van der Waals surface area contributed by atoms with Crippen molar-refractivity contribution in [3.05, 3.63) is 40.4 Å². The molecule has 0 aliphatic rings. The Hall–Kier alpha value is -0.870. The SMILES string of the molecule is CCc1cc(Br)ccc1-n1cnnc1CCl. The molecule has 0 bridgehead atoms. The molecule has 0 radical (unpaired) electrons. The van der Waals surface area contributed by atoms with E-state index in [0.29, 0.717) is 5.88 Å². The topological polar surface area (TPSA) is 30.7 Å². The molecule has 2 rings (SSSR count). The molecule has 5 heteroatoms. The van der Waals surface area contributed by atoms with E-state index in [2.05, 4.69) is 39.1 Å².